The van der Waals surface area contributed by atoms with Gasteiger partial charge in [-0.3, -0.25) is 14.2 Å². The molecule has 1 amide bonds. The Hall–Kier alpha value is -2.46. The number of H-pyrrole nitrogens is 1. The smallest absolute Gasteiger partial charge is 0.353 e. The molecular weight excluding hydrogens is 441 g/mol. The summed E-state index contributed by atoms with van der Waals surface area (Å²) in [6.07, 6.45) is -4.67. The molecular formula is C19H18ClF3N4O2S. The molecule has 0 aliphatic carbocycles. The zero-order chi connectivity index (χ0) is 22.2. The molecule has 0 aliphatic rings. The molecule has 2 heterocycles. The Bertz CT molecular complexity index is 1170. The molecule has 0 spiro atoms. The minimum Gasteiger partial charge on any atom is -0.353 e. The van der Waals surface area contributed by atoms with Crippen LogP contribution in [0.4, 0.5) is 18.9 Å². The number of alkyl halides is 3. The van der Waals surface area contributed by atoms with Crippen LogP contribution in [0.5, 0.6) is 0 Å². The zero-order valence-electron chi connectivity index (χ0n) is 16.2. The average molecular weight is 459 g/mol. The van der Waals surface area contributed by atoms with Crippen molar-refractivity contribution in [1.29, 1.82) is 0 Å². The van der Waals surface area contributed by atoms with Crippen molar-refractivity contribution in [3.8, 4) is 0 Å². The van der Waals surface area contributed by atoms with Gasteiger partial charge in [0.2, 0.25) is 5.91 Å². The number of anilines is 1. The number of nitrogens with zero attached hydrogens (tertiary/aromatic N) is 2. The summed E-state index contributed by atoms with van der Waals surface area (Å²) in [5, 5.41) is 2.48. The fourth-order valence-corrected chi connectivity index (χ4v) is 4.02. The molecule has 160 valence electrons. The van der Waals surface area contributed by atoms with Crippen LogP contribution in [0.2, 0.25) is 5.02 Å². The van der Waals surface area contributed by atoms with Crippen LogP contribution < -0.4 is 10.9 Å². The highest BCUT2D eigenvalue weighted by atomic mass is 35.5. The normalized spacial score (nSPS) is 12.0. The summed E-state index contributed by atoms with van der Waals surface area (Å²) >= 11 is 6.63. The van der Waals surface area contributed by atoms with Gasteiger partial charge in [-0.25, -0.2) is 4.98 Å². The molecule has 0 aliphatic heterocycles. The summed E-state index contributed by atoms with van der Waals surface area (Å²) in [4.78, 5) is 32.5. The maximum atomic E-state index is 13.2. The number of carbonyl (C=O) groups excluding carboxylic acids is 1. The molecule has 0 fully saturated rings. The molecule has 6 nitrogen and oxygen atoms in total. The highest BCUT2D eigenvalue weighted by molar-refractivity contribution is 7.99. The van der Waals surface area contributed by atoms with Crippen molar-refractivity contribution in [2.75, 3.05) is 11.1 Å². The van der Waals surface area contributed by atoms with Crippen molar-refractivity contribution in [3.05, 3.63) is 50.9 Å². The number of aryl methyl sites for hydroxylation is 1. The maximum Gasteiger partial charge on any atom is 0.418 e. The average Bonchev–Trinajstić information content (AvgIpc) is 3.01. The van der Waals surface area contributed by atoms with Crippen LogP contribution in [-0.2, 0) is 11.0 Å². The van der Waals surface area contributed by atoms with Crippen molar-refractivity contribution in [2.24, 2.45) is 0 Å². The van der Waals surface area contributed by atoms with Gasteiger partial charge in [0.15, 0.2) is 5.16 Å². The number of halogens is 4. The fourth-order valence-electron chi connectivity index (χ4n) is 2.92. The number of amides is 1. The quantitative estimate of drug-likeness (QED) is 0.415. The Morgan fingerprint density at radius 3 is 2.67 bits per heavy atom. The first-order chi connectivity index (χ1) is 14.0. The van der Waals surface area contributed by atoms with Crippen LogP contribution in [0.3, 0.4) is 0 Å². The Kier molecular flexibility index (Phi) is 6.19. The number of nitrogens with one attached hydrogen (secondary N) is 2. The lowest BCUT2D eigenvalue weighted by atomic mass is 10.1. The van der Waals surface area contributed by atoms with Crippen molar-refractivity contribution < 1.29 is 18.0 Å². The molecule has 0 atom stereocenters. The van der Waals surface area contributed by atoms with E-state index in [1.807, 2.05) is 0 Å². The van der Waals surface area contributed by atoms with Crippen molar-refractivity contribution >= 4 is 46.0 Å². The lowest BCUT2D eigenvalue weighted by molar-refractivity contribution is -0.137. The van der Waals surface area contributed by atoms with E-state index in [9.17, 15) is 22.8 Å². The van der Waals surface area contributed by atoms with Crippen molar-refractivity contribution in [1.82, 2.24) is 14.5 Å². The highest BCUT2D eigenvalue weighted by Gasteiger charge is 2.34. The van der Waals surface area contributed by atoms with Gasteiger partial charge in [0, 0.05) is 16.8 Å². The summed E-state index contributed by atoms with van der Waals surface area (Å²) in [5.41, 5.74) is -0.0890. The Labute approximate surface area is 178 Å². The summed E-state index contributed by atoms with van der Waals surface area (Å²) in [6, 6.07) is 4.61. The summed E-state index contributed by atoms with van der Waals surface area (Å²) in [6.45, 7) is 5.40. The van der Waals surface area contributed by atoms with Gasteiger partial charge in [-0.2, -0.15) is 13.2 Å². The summed E-state index contributed by atoms with van der Waals surface area (Å²) in [5.74, 6) is -0.892. The van der Waals surface area contributed by atoms with Crippen LogP contribution in [0.1, 0.15) is 31.1 Å². The third-order valence-corrected chi connectivity index (χ3v) is 5.38. The van der Waals surface area contributed by atoms with E-state index in [4.69, 9.17) is 11.6 Å². The summed E-state index contributed by atoms with van der Waals surface area (Å²) in [7, 11) is 0. The number of benzene rings is 1. The van der Waals surface area contributed by atoms with Gasteiger partial charge in [-0.05, 0) is 45.0 Å². The predicted molar refractivity (Wildman–Crippen MR) is 111 cm³/mol. The lowest BCUT2D eigenvalue weighted by Crippen LogP contribution is -2.26. The molecule has 0 saturated carbocycles. The zero-order valence-corrected chi connectivity index (χ0v) is 17.8. The van der Waals surface area contributed by atoms with Gasteiger partial charge < -0.3 is 10.3 Å². The van der Waals surface area contributed by atoms with E-state index < -0.39 is 17.6 Å². The van der Waals surface area contributed by atoms with Crippen LogP contribution >= 0.6 is 23.4 Å². The molecule has 3 aromatic rings. The molecule has 0 bridgehead atoms. The molecule has 0 unspecified atom stereocenters. The second-order valence-electron chi connectivity index (χ2n) is 6.90. The topological polar surface area (TPSA) is 79.8 Å². The Morgan fingerprint density at radius 1 is 1.33 bits per heavy atom. The van der Waals surface area contributed by atoms with Crippen LogP contribution in [-0.4, -0.2) is 26.2 Å². The number of hydrogen-bond acceptors (Lipinski definition) is 4. The fraction of sp³-hybridized carbons (Fsp3) is 0.316. The van der Waals surface area contributed by atoms with E-state index >= 15 is 0 Å². The van der Waals surface area contributed by atoms with Gasteiger partial charge in [-0.1, -0.05) is 23.4 Å². The molecule has 0 saturated heterocycles. The number of aromatic amines is 1. The second-order valence-corrected chi connectivity index (χ2v) is 8.28. The SMILES string of the molecule is Cc1cc2nc(SCC(=O)Nc3ccc(Cl)cc3C(F)(F)F)n(C(C)C)c(=O)c2[nH]1. The number of thioether (sulfide) groups is 1. The molecule has 1 aromatic carbocycles. The van der Waals surface area contributed by atoms with E-state index in [-0.39, 0.29) is 28.1 Å². The number of fused-ring (bicyclic) bond motifs is 1. The van der Waals surface area contributed by atoms with Gasteiger partial charge in [-0.15, -0.1) is 0 Å². The number of rotatable bonds is 5. The standard InChI is InChI=1S/C19H18ClF3N4O2S/c1-9(2)27-17(29)16-14(6-10(3)24-16)26-18(27)30-8-15(28)25-13-5-4-11(20)7-12(13)19(21,22)23/h4-7,9,24H,8H2,1-3H3,(H,25,28). The first-order valence-electron chi connectivity index (χ1n) is 8.88. The van der Waals surface area contributed by atoms with Crippen molar-refractivity contribution in [2.45, 2.75) is 38.1 Å². The maximum absolute atomic E-state index is 13.2. The monoisotopic (exact) mass is 458 g/mol. The molecule has 2 N–H and O–H groups in total. The van der Waals surface area contributed by atoms with Crippen LogP contribution in [0.15, 0.2) is 34.2 Å². The van der Waals surface area contributed by atoms with Crippen molar-refractivity contribution in [3.63, 3.8) is 0 Å². The van der Waals surface area contributed by atoms with Crippen LogP contribution in [0.25, 0.3) is 11.0 Å². The summed E-state index contributed by atoms with van der Waals surface area (Å²) < 4.78 is 41.0. The van der Waals surface area contributed by atoms with Gasteiger partial charge >= 0.3 is 6.18 Å². The number of aromatic nitrogens is 3. The van der Waals surface area contributed by atoms with E-state index in [1.165, 1.54) is 10.6 Å². The molecule has 30 heavy (non-hydrogen) atoms. The minimum absolute atomic E-state index is 0.0880. The van der Waals surface area contributed by atoms with E-state index in [2.05, 4.69) is 15.3 Å². The van der Waals surface area contributed by atoms with E-state index in [0.717, 1.165) is 29.6 Å². The third kappa shape index (κ3) is 4.65. The number of hydrogen-bond donors (Lipinski definition) is 2. The highest BCUT2D eigenvalue weighted by Crippen LogP contribution is 2.36. The van der Waals surface area contributed by atoms with Crippen LogP contribution in [0, 0.1) is 6.92 Å². The predicted octanol–water partition coefficient (Wildman–Crippen LogP) is 5.02. The first kappa shape index (κ1) is 22.2. The molecule has 3 rings (SSSR count). The Balaban J connectivity index is 1.84. The molecule has 0 radical (unpaired) electrons. The van der Waals surface area contributed by atoms with Gasteiger partial charge in [0.25, 0.3) is 5.56 Å². The van der Waals surface area contributed by atoms with E-state index in [0.29, 0.717) is 16.2 Å². The molecule has 2 aromatic heterocycles. The first-order valence-corrected chi connectivity index (χ1v) is 10.2. The van der Waals surface area contributed by atoms with E-state index in [1.54, 1.807) is 26.8 Å². The second kappa shape index (κ2) is 8.35. The Morgan fingerprint density at radius 2 is 2.03 bits per heavy atom. The largest absolute Gasteiger partial charge is 0.418 e. The molecule has 11 heteroatoms. The minimum atomic E-state index is -4.67. The lowest BCUT2D eigenvalue weighted by Gasteiger charge is -2.16. The van der Waals surface area contributed by atoms with Gasteiger partial charge in [0.05, 0.1) is 22.5 Å². The van der Waals surface area contributed by atoms with Gasteiger partial charge in [0.1, 0.15) is 5.52 Å². The number of carbonyl (C=O) groups is 1. The third-order valence-electron chi connectivity index (χ3n) is 4.20.